The molecule has 1 aromatic carbocycles. The summed E-state index contributed by atoms with van der Waals surface area (Å²) in [5, 5.41) is 6.57. The van der Waals surface area contributed by atoms with Gasteiger partial charge in [0.15, 0.2) is 0 Å². The molecule has 1 aliphatic rings. The zero-order valence-corrected chi connectivity index (χ0v) is 13.7. The van der Waals surface area contributed by atoms with Crippen molar-refractivity contribution in [2.45, 2.75) is 63.8 Å². The van der Waals surface area contributed by atoms with Crippen LogP contribution in [-0.2, 0) is 11.2 Å². The number of amides is 1. The van der Waals surface area contributed by atoms with E-state index < -0.39 is 0 Å². The molecule has 0 heterocycles. The highest BCUT2D eigenvalue weighted by Gasteiger charge is 2.14. The van der Waals surface area contributed by atoms with E-state index in [1.807, 2.05) is 0 Å². The minimum absolute atomic E-state index is 0.211. The summed E-state index contributed by atoms with van der Waals surface area (Å²) in [6.07, 6.45) is 10.3. The van der Waals surface area contributed by atoms with Crippen molar-refractivity contribution >= 4 is 5.91 Å². The number of carbonyl (C=O) groups excluding carboxylic acids is 1. The first-order valence-corrected chi connectivity index (χ1v) is 8.88. The Balaban J connectivity index is 1.48. The fourth-order valence-corrected chi connectivity index (χ4v) is 3.11. The average Bonchev–Trinajstić information content (AvgIpc) is 2.80. The molecule has 0 saturated heterocycles. The molecule has 1 aromatic rings. The molecule has 1 saturated carbocycles. The summed E-state index contributed by atoms with van der Waals surface area (Å²) in [5.41, 5.74) is 1.38. The third-order valence-corrected chi connectivity index (χ3v) is 4.41. The molecule has 22 heavy (non-hydrogen) atoms. The van der Waals surface area contributed by atoms with Gasteiger partial charge in [-0.2, -0.15) is 0 Å². The van der Waals surface area contributed by atoms with Crippen molar-refractivity contribution in [3.8, 4) is 0 Å². The van der Waals surface area contributed by atoms with Gasteiger partial charge in [-0.15, -0.1) is 0 Å². The summed E-state index contributed by atoms with van der Waals surface area (Å²) >= 11 is 0. The molecule has 0 aromatic heterocycles. The second kappa shape index (κ2) is 10.4. The normalized spacial score (nSPS) is 16.2. The molecule has 0 spiro atoms. The Hall–Kier alpha value is -1.35. The Morgan fingerprint density at radius 2 is 1.73 bits per heavy atom. The van der Waals surface area contributed by atoms with E-state index in [9.17, 15) is 4.79 Å². The number of nitrogens with one attached hydrogen (secondary N) is 2. The van der Waals surface area contributed by atoms with Crippen LogP contribution in [-0.4, -0.2) is 25.0 Å². The van der Waals surface area contributed by atoms with E-state index in [0.717, 1.165) is 38.8 Å². The van der Waals surface area contributed by atoms with E-state index in [1.54, 1.807) is 0 Å². The van der Waals surface area contributed by atoms with Crippen molar-refractivity contribution in [3.63, 3.8) is 0 Å². The molecule has 1 fully saturated rings. The maximum atomic E-state index is 11.9. The van der Waals surface area contributed by atoms with Gasteiger partial charge in [0.05, 0.1) is 0 Å². The molecule has 1 aliphatic carbocycles. The van der Waals surface area contributed by atoms with E-state index in [1.165, 1.54) is 31.2 Å². The molecule has 122 valence electrons. The summed E-state index contributed by atoms with van der Waals surface area (Å²) < 4.78 is 0. The first kappa shape index (κ1) is 17.0. The number of benzene rings is 1. The molecule has 0 unspecified atom stereocenters. The average molecular weight is 302 g/mol. The van der Waals surface area contributed by atoms with Gasteiger partial charge in [0.1, 0.15) is 0 Å². The summed E-state index contributed by atoms with van der Waals surface area (Å²) in [7, 11) is 0. The zero-order valence-electron chi connectivity index (χ0n) is 13.7. The van der Waals surface area contributed by atoms with Gasteiger partial charge in [0.25, 0.3) is 0 Å². The van der Waals surface area contributed by atoms with Gasteiger partial charge in [-0.1, -0.05) is 56.0 Å². The monoisotopic (exact) mass is 302 g/mol. The lowest BCUT2D eigenvalue weighted by Crippen LogP contribution is -2.36. The van der Waals surface area contributed by atoms with Gasteiger partial charge in [0.2, 0.25) is 5.91 Å². The van der Waals surface area contributed by atoms with E-state index in [-0.39, 0.29) is 5.91 Å². The summed E-state index contributed by atoms with van der Waals surface area (Å²) in [5.74, 6) is 0.211. The lowest BCUT2D eigenvalue weighted by atomic mass is 10.1. The molecule has 2 rings (SSSR count). The van der Waals surface area contributed by atoms with E-state index in [2.05, 4.69) is 41.0 Å². The molecule has 0 radical (unpaired) electrons. The Morgan fingerprint density at radius 3 is 2.45 bits per heavy atom. The number of carbonyl (C=O) groups is 1. The van der Waals surface area contributed by atoms with Crippen LogP contribution in [0.4, 0.5) is 0 Å². The van der Waals surface area contributed by atoms with Crippen LogP contribution < -0.4 is 10.6 Å². The first-order chi connectivity index (χ1) is 10.8. The van der Waals surface area contributed by atoms with Gasteiger partial charge in [-0.05, 0) is 37.8 Å². The first-order valence-electron chi connectivity index (χ1n) is 8.88. The Morgan fingerprint density at radius 1 is 1.00 bits per heavy atom. The molecule has 1 amide bonds. The van der Waals surface area contributed by atoms with Crippen LogP contribution in [0.5, 0.6) is 0 Å². The van der Waals surface area contributed by atoms with Crippen molar-refractivity contribution < 1.29 is 4.79 Å². The third kappa shape index (κ3) is 7.08. The third-order valence-electron chi connectivity index (χ3n) is 4.41. The van der Waals surface area contributed by atoms with E-state index >= 15 is 0 Å². The van der Waals surface area contributed by atoms with Crippen LogP contribution in [0.2, 0.25) is 0 Å². The van der Waals surface area contributed by atoms with Gasteiger partial charge in [-0.25, -0.2) is 0 Å². The Labute approximate surface area is 134 Å². The molecule has 2 N–H and O–H groups in total. The number of hydrogen-bond donors (Lipinski definition) is 2. The largest absolute Gasteiger partial charge is 0.353 e. The zero-order chi connectivity index (χ0) is 15.5. The highest BCUT2D eigenvalue weighted by molar-refractivity contribution is 5.76. The molecular weight excluding hydrogens is 272 g/mol. The number of rotatable bonds is 8. The van der Waals surface area contributed by atoms with Crippen LogP contribution in [0.1, 0.15) is 56.9 Å². The quantitative estimate of drug-likeness (QED) is 0.570. The standard InChI is InChI=1S/C19H30N2O/c22-19(21-18-12-6-1-2-7-13-18)14-16-20-15-8-11-17-9-4-3-5-10-17/h3-5,9-10,18,20H,1-2,6-8,11-16H2,(H,21,22). The molecule has 3 nitrogen and oxygen atoms in total. The highest BCUT2D eigenvalue weighted by atomic mass is 16.1. The van der Waals surface area contributed by atoms with Crippen LogP contribution in [0.25, 0.3) is 0 Å². The molecule has 0 atom stereocenters. The van der Waals surface area contributed by atoms with E-state index in [4.69, 9.17) is 0 Å². The van der Waals surface area contributed by atoms with Crippen LogP contribution in [0, 0.1) is 0 Å². The maximum absolute atomic E-state index is 11.9. The Bertz CT molecular complexity index is 411. The number of aryl methyl sites for hydroxylation is 1. The SMILES string of the molecule is O=C(CCNCCCc1ccccc1)NC1CCCCCC1. The predicted octanol–water partition coefficient (Wildman–Crippen LogP) is 3.44. The van der Waals surface area contributed by atoms with Gasteiger partial charge in [-0.3, -0.25) is 4.79 Å². The Kier molecular flexibility index (Phi) is 8.03. The van der Waals surface area contributed by atoms with Crippen molar-refractivity contribution in [1.82, 2.24) is 10.6 Å². The fraction of sp³-hybridized carbons (Fsp3) is 0.632. The van der Waals surface area contributed by atoms with Gasteiger partial charge in [0, 0.05) is 19.0 Å². The fourth-order valence-electron chi connectivity index (χ4n) is 3.11. The van der Waals surface area contributed by atoms with Gasteiger partial charge >= 0.3 is 0 Å². The maximum Gasteiger partial charge on any atom is 0.221 e. The van der Waals surface area contributed by atoms with E-state index in [0.29, 0.717) is 12.5 Å². The van der Waals surface area contributed by atoms with Crippen molar-refractivity contribution in [2.24, 2.45) is 0 Å². The van der Waals surface area contributed by atoms with Crippen LogP contribution in [0.15, 0.2) is 30.3 Å². The van der Waals surface area contributed by atoms with Crippen molar-refractivity contribution in [2.75, 3.05) is 13.1 Å². The summed E-state index contributed by atoms with van der Waals surface area (Å²) in [4.78, 5) is 11.9. The van der Waals surface area contributed by atoms with Crippen LogP contribution >= 0.6 is 0 Å². The highest BCUT2D eigenvalue weighted by Crippen LogP contribution is 2.17. The minimum Gasteiger partial charge on any atom is -0.353 e. The minimum atomic E-state index is 0.211. The lowest BCUT2D eigenvalue weighted by Gasteiger charge is -2.16. The topological polar surface area (TPSA) is 41.1 Å². The lowest BCUT2D eigenvalue weighted by molar-refractivity contribution is -0.121. The number of hydrogen-bond acceptors (Lipinski definition) is 2. The molecule has 0 bridgehead atoms. The summed E-state index contributed by atoms with van der Waals surface area (Å²) in [6.45, 7) is 1.76. The molecule has 3 heteroatoms. The van der Waals surface area contributed by atoms with Crippen molar-refractivity contribution in [3.05, 3.63) is 35.9 Å². The summed E-state index contributed by atoms with van der Waals surface area (Å²) in [6, 6.07) is 11.0. The predicted molar refractivity (Wildman–Crippen MR) is 91.9 cm³/mol. The second-order valence-electron chi connectivity index (χ2n) is 6.35. The molecular formula is C19H30N2O. The molecule has 0 aliphatic heterocycles. The van der Waals surface area contributed by atoms with Gasteiger partial charge < -0.3 is 10.6 Å². The van der Waals surface area contributed by atoms with Crippen LogP contribution in [0.3, 0.4) is 0 Å². The smallest absolute Gasteiger partial charge is 0.221 e. The van der Waals surface area contributed by atoms with Crippen molar-refractivity contribution in [1.29, 1.82) is 0 Å². The second-order valence-corrected chi connectivity index (χ2v) is 6.35.